The number of amides is 1. The highest BCUT2D eigenvalue weighted by Crippen LogP contribution is 2.23. The molecule has 3 N–H and O–H groups in total. The molecule has 1 unspecified atom stereocenters. The number of nitrogens with zero attached hydrogens (tertiary/aromatic N) is 3. The number of aromatic nitrogens is 2. The van der Waals surface area contributed by atoms with E-state index < -0.39 is 0 Å². The number of hydrogen-bond acceptors (Lipinski definition) is 4. The average Bonchev–Trinajstić information content (AvgIpc) is 3.16. The number of anilines is 1. The van der Waals surface area contributed by atoms with Crippen molar-refractivity contribution in [2.75, 3.05) is 31.9 Å². The standard InChI is InChI=1S/C15H25N5O/c1-2-12-13(16)14(18-17-12)15(21)20-9-5-6-11(10-20)19-7-3-4-8-19/h11H,2-10,16H2,1H3,(H,17,18). The Morgan fingerprint density at radius 2 is 2.10 bits per heavy atom. The fourth-order valence-electron chi connectivity index (χ4n) is 3.51. The fourth-order valence-corrected chi connectivity index (χ4v) is 3.51. The van der Waals surface area contributed by atoms with E-state index in [4.69, 9.17) is 5.73 Å². The van der Waals surface area contributed by atoms with Crippen LogP contribution >= 0.6 is 0 Å². The van der Waals surface area contributed by atoms with Crippen LogP contribution in [-0.2, 0) is 6.42 Å². The molecule has 3 heterocycles. The number of carbonyl (C=O) groups is 1. The lowest BCUT2D eigenvalue weighted by molar-refractivity contribution is 0.0603. The normalized spacial score (nSPS) is 23.7. The third kappa shape index (κ3) is 2.77. The number of nitrogens with two attached hydrogens (primary N) is 1. The number of aryl methyl sites for hydroxylation is 1. The fraction of sp³-hybridized carbons (Fsp3) is 0.733. The smallest absolute Gasteiger partial charge is 0.276 e. The van der Waals surface area contributed by atoms with Gasteiger partial charge in [-0.05, 0) is 45.2 Å². The van der Waals surface area contributed by atoms with Crippen LogP contribution in [0.2, 0.25) is 0 Å². The van der Waals surface area contributed by atoms with E-state index in [2.05, 4.69) is 15.1 Å². The lowest BCUT2D eigenvalue weighted by atomic mass is 10.0. The first-order valence-corrected chi connectivity index (χ1v) is 8.06. The third-order valence-corrected chi connectivity index (χ3v) is 4.78. The van der Waals surface area contributed by atoms with Crippen molar-refractivity contribution < 1.29 is 4.79 Å². The van der Waals surface area contributed by atoms with Crippen molar-refractivity contribution in [2.45, 2.75) is 45.1 Å². The molecule has 0 radical (unpaired) electrons. The Morgan fingerprint density at radius 3 is 2.76 bits per heavy atom. The molecule has 2 saturated heterocycles. The molecule has 6 nitrogen and oxygen atoms in total. The Morgan fingerprint density at radius 1 is 1.33 bits per heavy atom. The first-order chi connectivity index (χ1) is 10.2. The molecule has 0 aliphatic carbocycles. The van der Waals surface area contributed by atoms with Gasteiger partial charge in [0.2, 0.25) is 0 Å². The maximum atomic E-state index is 12.7. The quantitative estimate of drug-likeness (QED) is 0.878. The molecule has 3 rings (SSSR count). The first kappa shape index (κ1) is 14.4. The second-order valence-corrected chi connectivity index (χ2v) is 6.11. The van der Waals surface area contributed by atoms with E-state index in [1.807, 2.05) is 11.8 Å². The molecule has 116 valence electrons. The zero-order valence-corrected chi connectivity index (χ0v) is 12.8. The molecular weight excluding hydrogens is 266 g/mol. The van der Waals surface area contributed by atoms with E-state index in [-0.39, 0.29) is 5.91 Å². The van der Waals surface area contributed by atoms with Crippen molar-refractivity contribution in [1.29, 1.82) is 0 Å². The van der Waals surface area contributed by atoms with Crippen LogP contribution in [0.15, 0.2) is 0 Å². The van der Waals surface area contributed by atoms with E-state index in [9.17, 15) is 4.79 Å². The van der Waals surface area contributed by atoms with Gasteiger partial charge >= 0.3 is 0 Å². The summed E-state index contributed by atoms with van der Waals surface area (Å²) in [6, 6.07) is 0.510. The van der Waals surface area contributed by atoms with Gasteiger partial charge in [0, 0.05) is 19.1 Å². The van der Waals surface area contributed by atoms with Gasteiger partial charge in [-0.15, -0.1) is 0 Å². The van der Waals surface area contributed by atoms with Crippen molar-refractivity contribution >= 4 is 11.6 Å². The van der Waals surface area contributed by atoms with Gasteiger partial charge in [-0.25, -0.2) is 0 Å². The maximum Gasteiger partial charge on any atom is 0.276 e. The number of aromatic amines is 1. The molecule has 0 spiro atoms. The molecule has 0 bridgehead atoms. The average molecular weight is 291 g/mol. The van der Waals surface area contributed by atoms with E-state index in [1.54, 1.807) is 0 Å². The predicted molar refractivity (Wildman–Crippen MR) is 82.1 cm³/mol. The maximum absolute atomic E-state index is 12.7. The summed E-state index contributed by atoms with van der Waals surface area (Å²) in [6.07, 6.45) is 5.60. The first-order valence-electron chi connectivity index (χ1n) is 8.06. The summed E-state index contributed by atoms with van der Waals surface area (Å²) < 4.78 is 0. The van der Waals surface area contributed by atoms with Crippen LogP contribution < -0.4 is 5.73 Å². The van der Waals surface area contributed by atoms with Crippen LogP contribution in [0.5, 0.6) is 0 Å². The minimum atomic E-state index is -0.0210. The summed E-state index contributed by atoms with van der Waals surface area (Å²) in [5.41, 5.74) is 7.80. The zero-order chi connectivity index (χ0) is 14.8. The Balaban J connectivity index is 1.70. The molecule has 1 aromatic heterocycles. The van der Waals surface area contributed by atoms with Gasteiger partial charge in [0.25, 0.3) is 5.91 Å². The van der Waals surface area contributed by atoms with Crippen LogP contribution in [0.3, 0.4) is 0 Å². The molecule has 2 fully saturated rings. The molecule has 0 saturated carbocycles. The van der Waals surface area contributed by atoms with Gasteiger partial charge in [0.1, 0.15) is 0 Å². The van der Waals surface area contributed by atoms with Crippen molar-refractivity contribution in [3.05, 3.63) is 11.4 Å². The molecule has 0 aromatic carbocycles. The highest BCUT2D eigenvalue weighted by molar-refractivity contribution is 5.97. The summed E-state index contributed by atoms with van der Waals surface area (Å²) in [5.74, 6) is -0.0210. The van der Waals surface area contributed by atoms with Gasteiger partial charge < -0.3 is 10.6 Å². The van der Waals surface area contributed by atoms with Gasteiger partial charge in [-0.3, -0.25) is 14.8 Å². The summed E-state index contributed by atoms with van der Waals surface area (Å²) in [4.78, 5) is 17.1. The van der Waals surface area contributed by atoms with Crippen LogP contribution in [0.1, 0.15) is 48.8 Å². The summed E-state index contributed by atoms with van der Waals surface area (Å²) in [7, 11) is 0. The molecular formula is C15H25N5O. The van der Waals surface area contributed by atoms with Gasteiger partial charge in [-0.2, -0.15) is 5.10 Å². The molecule has 1 aromatic rings. The lowest BCUT2D eigenvalue weighted by Crippen LogP contribution is -2.49. The van der Waals surface area contributed by atoms with Crippen molar-refractivity contribution in [3.8, 4) is 0 Å². The second kappa shape index (κ2) is 6.05. The summed E-state index contributed by atoms with van der Waals surface area (Å²) >= 11 is 0. The molecule has 2 aliphatic heterocycles. The Hall–Kier alpha value is -1.56. The van der Waals surface area contributed by atoms with Crippen LogP contribution in [-0.4, -0.2) is 58.1 Å². The predicted octanol–water partition coefficient (Wildman–Crippen LogP) is 1.25. The number of likely N-dealkylation sites (tertiary alicyclic amines) is 2. The van der Waals surface area contributed by atoms with Crippen molar-refractivity contribution in [3.63, 3.8) is 0 Å². The third-order valence-electron chi connectivity index (χ3n) is 4.78. The van der Waals surface area contributed by atoms with Gasteiger partial charge in [0.05, 0.1) is 11.4 Å². The highest BCUT2D eigenvalue weighted by atomic mass is 16.2. The van der Waals surface area contributed by atoms with Gasteiger partial charge in [-0.1, -0.05) is 6.92 Å². The SMILES string of the molecule is CCc1[nH]nc(C(=O)N2CCCC(N3CCCC3)C2)c1N. The number of nitrogens with one attached hydrogen (secondary N) is 1. The second-order valence-electron chi connectivity index (χ2n) is 6.11. The number of piperidine rings is 1. The molecule has 2 aliphatic rings. The van der Waals surface area contributed by atoms with E-state index >= 15 is 0 Å². The van der Waals surface area contributed by atoms with E-state index in [0.29, 0.717) is 17.4 Å². The minimum Gasteiger partial charge on any atom is -0.395 e. The molecule has 21 heavy (non-hydrogen) atoms. The molecule has 6 heteroatoms. The number of nitrogen functional groups attached to an aromatic ring is 1. The summed E-state index contributed by atoms with van der Waals surface area (Å²) in [6.45, 7) is 5.99. The summed E-state index contributed by atoms with van der Waals surface area (Å²) in [5, 5.41) is 7.01. The number of rotatable bonds is 3. The van der Waals surface area contributed by atoms with Crippen LogP contribution in [0.25, 0.3) is 0 Å². The van der Waals surface area contributed by atoms with Crippen molar-refractivity contribution in [1.82, 2.24) is 20.0 Å². The van der Waals surface area contributed by atoms with Crippen LogP contribution in [0, 0.1) is 0 Å². The lowest BCUT2D eigenvalue weighted by Gasteiger charge is -2.37. The topological polar surface area (TPSA) is 78.2 Å². The van der Waals surface area contributed by atoms with E-state index in [0.717, 1.165) is 31.6 Å². The van der Waals surface area contributed by atoms with E-state index in [1.165, 1.54) is 32.4 Å². The molecule has 1 atom stereocenters. The Bertz CT molecular complexity index is 506. The molecule has 1 amide bonds. The van der Waals surface area contributed by atoms with Crippen LogP contribution in [0.4, 0.5) is 5.69 Å². The monoisotopic (exact) mass is 291 g/mol. The number of H-pyrrole nitrogens is 1. The zero-order valence-electron chi connectivity index (χ0n) is 12.8. The Labute approximate surface area is 125 Å². The number of carbonyl (C=O) groups excluding carboxylic acids is 1. The van der Waals surface area contributed by atoms with Crippen molar-refractivity contribution in [2.24, 2.45) is 0 Å². The van der Waals surface area contributed by atoms with Gasteiger partial charge in [0.15, 0.2) is 5.69 Å². The number of hydrogen-bond donors (Lipinski definition) is 2. The highest BCUT2D eigenvalue weighted by Gasteiger charge is 2.31. The minimum absolute atomic E-state index is 0.0210. The largest absolute Gasteiger partial charge is 0.395 e. The Kier molecular flexibility index (Phi) is 4.14.